The van der Waals surface area contributed by atoms with E-state index in [0.717, 1.165) is 0 Å². The molecule has 0 spiro atoms. The van der Waals surface area contributed by atoms with E-state index in [4.69, 9.17) is 10.2 Å². The van der Waals surface area contributed by atoms with Crippen LogP contribution in [0.5, 0.6) is 0 Å². The zero-order valence-corrected chi connectivity index (χ0v) is 8.20. The van der Waals surface area contributed by atoms with Gasteiger partial charge in [-0.05, 0) is 24.6 Å². The van der Waals surface area contributed by atoms with Gasteiger partial charge >= 0.3 is 6.09 Å². The summed E-state index contributed by atoms with van der Waals surface area (Å²) in [6, 6.07) is 5.29. The van der Waals surface area contributed by atoms with Crippen LogP contribution in [0.2, 0.25) is 0 Å². The maximum absolute atomic E-state index is 12.6. The van der Waals surface area contributed by atoms with Crippen molar-refractivity contribution in [2.45, 2.75) is 12.5 Å². The SMILES string of the molecule is CC(CO)(NC(=O)O)c1ccc(F)cc1. The number of hydrogen-bond acceptors (Lipinski definition) is 2. The molecule has 0 saturated carbocycles. The Morgan fingerprint density at radius 3 is 2.40 bits per heavy atom. The number of aliphatic hydroxyl groups excluding tert-OH is 1. The number of benzene rings is 1. The van der Waals surface area contributed by atoms with Crippen LogP contribution < -0.4 is 5.32 Å². The zero-order valence-electron chi connectivity index (χ0n) is 8.20. The molecule has 3 N–H and O–H groups in total. The van der Waals surface area contributed by atoms with Gasteiger partial charge in [0.05, 0.1) is 12.1 Å². The first-order valence-electron chi connectivity index (χ1n) is 4.36. The number of amides is 1. The van der Waals surface area contributed by atoms with Crippen LogP contribution in [-0.2, 0) is 5.54 Å². The lowest BCUT2D eigenvalue weighted by molar-refractivity contribution is 0.146. The van der Waals surface area contributed by atoms with Crippen molar-refractivity contribution >= 4 is 6.09 Å². The minimum atomic E-state index is -1.24. The van der Waals surface area contributed by atoms with Gasteiger partial charge in [0.1, 0.15) is 5.82 Å². The molecule has 0 aliphatic heterocycles. The molecule has 1 aromatic rings. The van der Waals surface area contributed by atoms with Crippen LogP contribution >= 0.6 is 0 Å². The molecular formula is C10H12FNO3. The third-order valence-electron chi connectivity index (χ3n) is 2.18. The molecular weight excluding hydrogens is 201 g/mol. The van der Waals surface area contributed by atoms with Gasteiger partial charge in [-0.25, -0.2) is 9.18 Å². The van der Waals surface area contributed by atoms with Crippen molar-refractivity contribution in [1.82, 2.24) is 5.32 Å². The van der Waals surface area contributed by atoms with Gasteiger partial charge in [0.2, 0.25) is 0 Å². The molecule has 4 nitrogen and oxygen atoms in total. The van der Waals surface area contributed by atoms with Gasteiger partial charge < -0.3 is 15.5 Å². The van der Waals surface area contributed by atoms with E-state index in [1.807, 2.05) is 0 Å². The normalized spacial score (nSPS) is 14.3. The highest BCUT2D eigenvalue weighted by Crippen LogP contribution is 2.20. The molecule has 15 heavy (non-hydrogen) atoms. The molecule has 0 heterocycles. The van der Waals surface area contributed by atoms with Crippen LogP contribution in [0.25, 0.3) is 0 Å². The molecule has 82 valence electrons. The summed E-state index contributed by atoms with van der Waals surface area (Å²) in [6.07, 6.45) is -1.24. The average Bonchev–Trinajstić information content (AvgIpc) is 2.17. The van der Waals surface area contributed by atoms with Gasteiger partial charge in [-0.3, -0.25) is 0 Å². The minimum Gasteiger partial charge on any atom is -0.465 e. The Kier molecular flexibility index (Phi) is 3.26. The Morgan fingerprint density at radius 1 is 1.47 bits per heavy atom. The second-order valence-electron chi connectivity index (χ2n) is 3.43. The number of carbonyl (C=O) groups is 1. The Balaban J connectivity index is 3.00. The summed E-state index contributed by atoms with van der Waals surface area (Å²) in [5.74, 6) is -0.408. The molecule has 0 radical (unpaired) electrons. The summed E-state index contributed by atoms with van der Waals surface area (Å²) in [4.78, 5) is 10.5. The number of aliphatic hydroxyl groups is 1. The summed E-state index contributed by atoms with van der Waals surface area (Å²) in [5, 5.41) is 19.9. The lowest BCUT2D eigenvalue weighted by Crippen LogP contribution is -2.45. The molecule has 0 fully saturated rings. The zero-order chi connectivity index (χ0) is 11.5. The van der Waals surface area contributed by atoms with Crippen molar-refractivity contribution in [3.05, 3.63) is 35.6 Å². The first kappa shape index (κ1) is 11.5. The van der Waals surface area contributed by atoms with Crippen LogP contribution in [0.4, 0.5) is 9.18 Å². The van der Waals surface area contributed by atoms with E-state index in [2.05, 4.69) is 5.32 Å². The van der Waals surface area contributed by atoms with Crippen LogP contribution in [0.15, 0.2) is 24.3 Å². The molecule has 5 heteroatoms. The van der Waals surface area contributed by atoms with E-state index in [0.29, 0.717) is 5.56 Å². The van der Waals surface area contributed by atoms with Gasteiger partial charge in [-0.1, -0.05) is 12.1 Å². The molecule has 1 unspecified atom stereocenters. The van der Waals surface area contributed by atoms with Crippen molar-refractivity contribution in [2.75, 3.05) is 6.61 Å². The first-order valence-corrected chi connectivity index (χ1v) is 4.36. The predicted octanol–water partition coefficient (Wildman–Crippen LogP) is 1.30. The Labute approximate surface area is 86.4 Å². The summed E-state index contributed by atoms with van der Waals surface area (Å²) in [6.45, 7) is 1.12. The van der Waals surface area contributed by atoms with Crippen LogP contribution in [0.1, 0.15) is 12.5 Å². The summed E-state index contributed by atoms with van der Waals surface area (Å²) < 4.78 is 12.6. The second-order valence-corrected chi connectivity index (χ2v) is 3.43. The van der Waals surface area contributed by atoms with Gasteiger partial charge in [0.15, 0.2) is 0 Å². The number of carboxylic acid groups (broad SMARTS) is 1. The summed E-state index contributed by atoms with van der Waals surface area (Å²) >= 11 is 0. The molecule has 1 atom stereocenters. The molecule has 0 bridgehead atoms. The lowest BCUT2D eigenvalue weighted by Gasteiger charge is -2.27. The standard InChI is InChI=1S/C10H12FNO3/c1-10(6-13,12-9(14)15)7-2-4-8(11)5-3-7/h2-5,12-13H,6H2,1H3,(H,14,15). The van der Waals surface area contributed by atoms with Gasteiger partial charge in [-0.15, -0.1) is 0 Å². The quantitative estimate of drug-likeness (QED) is 0.708. The Morgan fingerprint density at radius 2 is 2.00 bits per heavy atom. The number of hydrogen-bond donors (Lipinski definition) is 3. The highest BCUT2D eigenvalue weighted by atomic mass is 19.1. The largest absolute Gasteiger partial charge is 0.465 e. The molecule has 1 aromatic carbocycles. The average molecular weight is 213 g/mol. The third kappa shape index (κ3) is 2.66. The molecule has 1 rings (SSSR count). The molecule has 1 amide bonds. The predicted molar refractivity (Wildman–Crippen MR) is 52.0 cm³/mol. The monoisotopic (exact) mass is 213 g/mol. The molecule has 0 saturated heterocycles. The van der Waals surface area contributed by atoms with E-state index < -0.39 is 24.1 Å². The number of rotatable bonds is 3. The first-order chi connectivity index (χ1) is 6.98. The van der Waals surface area contributed by atoms with Crippen molar-refractivity contribution in [3.63, 3.8) is 0 Å². The van der Waals surface area contributed by atoms with Crippen LogP contribution in [-0.4, -0.2) is 22.9 Å². The fraction of sp³-hybridized carbons (Fsp3) is 0.300. The smallest absolute Gasteiger partial charge is 0.405 e. The molecule has 0 aliphatic carbocycles. The van der Waals surface area contributed by atoms with Crippen molar-refractivity contribution in [2.24, 2.45) is 0 Å². The Bertz CT molecular complexity index is 352. The number of halogens is 1. The molecule has 0 aromatic heterocycles. The third-order valence-corrected chi connectivity index (χ3v) is 2.18. The highest BCUT2D eigenvalue weighted by Gasteiger charge is 2.27. The fourth-order valence-electron chi connectivity index (χ4n) is 1.26. The van der Waals surface area contributed by atoms with E-state index in [1.165, 1.54) is 31.2 Å². The van der Waals surface area contributed by atoms with Crippen LogP contribution in [0, 0.1) is 5.82 Å². The highest BCUT2D eigenvalue weighted by molar-refractivity contribution is 5.66. The summed E-state index contributed by atoms with van der Waals surface area (Å²) in [7, 11) is 0. The number of nitrogens with one attached hydrogen (secondary N) is 1. The minimum absolute atomic E-state index is 0.398. The van der Waals surface area contributed by atoms with E-state index in [9.17, 15) is 9.18 Å². The van der Waals surface area contributed by atoms with Crippen molar-refractivity contribution in [1.29, 1.82) is 0 Å². The topological polar surface area (TPSA) is 69.6 Å². The van der Waals surface area contributed by atoms with Gasteiger partial charge in [-0.2, -0.15) is 0 Å². The van der Waals surface area contributed by atoms with E-state index >= 15 is 0 Å². The van der Waals surface area contributed by atoms with Gasteiger partial charge in [0.25, 0.3) is 0 Å². The van der Waals surface area contributed by atoms with Gasteiger partial charge in [0, 0.05) is 0 Å². The maximum Gasteiger partial charge on any atom is 0.405 e. The Hall–Kier alpha value is -1.62. The maximum atomic E-state index is 12.6. The van der Waals surface area contributed by atoms with Crippen molar-refractivity contribution in [3.8, 4) is 0 Å². The van der Waals surface area contributed by atoms with E-state index in [1.54, 1.807) is 0 Å². The molecule has 0 aliphatic rings. The lowest BCUT2D eigenvalue weighted by atomic mass is 9.93. The van der Waals surface area contributed by atoms with Crippen LogP contribution in [0.3, 0.4) is 0 Å². The fourth-order valence-corrected chi connectivity index (χ4v) is 1.26. The summed E-state index contributed by atoms with van der Waals surface area (Å²) in [5.41, 5.74) is -0.603. The second kappa shape index (κ2) is 4.27. The van der Waals surface area contributed by atoms with Crippen molar-refractivity contribution < 1.29 is 19.4 Å². The van der Waals surface area contributed by atoms with E-state index in [-0.39, 0.29) is 0 Å².